The van der Waals surface area contributed by atoms with E-state index in [4.69, 9.17) is 5.11 Å². The molecule has 21 heavy (non-hydrogen) atoms. The van der Waals surface area contributed by atoms with E-state index in [1.807, 2.05) is 0 Å². The van der Waals surface area contributed by atoms with Crippen LogP contribution in [0.25, 0.3) is 0 Å². The Balaban J connectivity index is 2.15. The first kappa shape index (κ1) is 15.2. The van der Waals surface area contributed by atoms with Crippen molar-refractivity contribution in [1.29, 1.82) is 0 Å². The molecule has 0 amide bonds. The first-order valence-corrected chi connectivity index (χ1v) is 7.03. The van der Waals surface area contributed by atoms with Crippen molar-refractivity contribution in [2.24, 2.45) is 5.41 Å². The fourth-order valence-electron chi connectivity index (χ4n) is 2.72. The van der Waals surface area contributed by atoms with Gasteiger partial charge in [0.2, 0.25) is 5.82 Å². The molecule has 7 heteroatoms. The summed E-state index contributed by atoms with van der Waals surface area (Å²) >= 11 is 0. The predicted octanol–water partition coefficient (Wildman–Crippen LogP) is 3.07. The third-order valence-electron chi connectivity index (χ3n) is 4.05. The minimum Gasteiger partial charge on any atom is -0.478 e. The molecule has 0 aliphatic heterocycles. The second-order valence-corrected chi connectivity index (χ2v) is 5.88. The van der Waals surface area contributed by atoms with Gasteiger partial charge < -0.3 is 10.4 Å². The van der Waals surface area contributed by atoms with E-state index in [1.54, 1.807) is 0 Å². The standard InChI is InChI=1S/C14H19N3O4/c1-14(5-3-2-4-6-14)9-16-12-11(17(20)21)7-10(8-15-12)13(18)19/h7-8H,2-6,9H2,1H3,(H,15,16)(H,18,19). The van der Waals surface area contributed by atoms with E-state index < -0.39 is 10.9 Å². The highest BCUT2D eigenvalue weighted by atomic mass is 16.6. The topological polar surface area (TPSA) is 105 Å². The van der Waals surface area contributed by atoms with Crippen molar-refractivity contribution >= 4 is 17.5 Å². The summed E-state index contributed by atoms with van der Waals surface area (Å²) in [5, 5.41) is 23.0. The highest BCUT2D eigenvalue weighted by Crippen LogP contribution is 2.36. The van der Waals surface area contributed by atoms with Crippen LogP contribution in [0.3, 0.4) is 0 Å². The number of nitro groups is 1. The van der Waals surface area contributed by atoms with Gasteiger partial charge in [-0.2, -0.15) is 0 Å². The number of nitrogens with one attached hydrogen (secondary N) is 1. The number of hydrogen-bond donors (Lipinski definition) is 2. The lowest BCUT2D eigenvalue weighted by atomic mass is 9.76. The van der Waals surface area contributed by atoms with E-state index in [0.717, 1.165) is 25.1 Å². The molecule has 1 saturated carbocycles. The molecule has 0 spiro atoms. The van der Waals surface area contributed by atoms with Crippen molar-refractivity contribution in [3.05, 3.63) is 27.9 Å². The Bertz CT molecular complexity index is 553. The summed E-state index contributed by atoms with van der Waals surface area (Å²) in [6, 6.07) is 1.04. The molecule has 1 aliphatic carbocycles. The van der Waals surface area contributed by atoms with Crippen LogP contribution in [0.1, 0.15) is 49.4 Å². The highest BCUT2D eigenvalue weighted by Gasteiger charge is 2.28. The van der Waals surface area contributed by atoms with Crippen molar-refractivity contribution in [1.82, 2.24) is 4.98 Å². The molecule has 0 bridgehead atoms. The molecule has 0 aromatic carbocycles. The highest BCUT2D eigenvalue weighted by molar-refractivity contribution is 5.88. The summed E-state index contributed by atoms with van der Waals surface area (Å²) in [6.45, 7) is 2.77. The minimum atomic E-state index is -1.23. The maximum absolute atomic E-state index is 11.1. The van der Waals surface area contributed by atoms with Gasteiger partial charge in [-0.05, 0) is 18.3 Å². The maximum atomic E-state index is 11.1. The van der Waals surface area contributed by atoms with Gasteiger partial charge in [0.1, 0.15) is 0 Å². The summed E-state index contributed by atoms with van der Waals surface area (Å²) in [5.41, 5.74) is -0.371. The molecule has 0 atom stereocenters. The molecule has 7 nitrogen and oxygen atoms in total. The zero-order valence-corrected chi connectivity index (χ0v) is 12.0. The van der Waals surface area contributed by atoms with Crippen molar-refractivity contribution in [2.45, 2.75) is 39.0 Å². The van der Waals surface area contributed by atoms with E-state index in [0.29, 0.717) is 6.54 Å². The third kappa shape index (κ3) is 3.68. The summed E-state index contributed by atoms with van der Waals surface area (Å²) in [6.07, 6.45) is 6.89. The summed E-state index contributed by atoms with van der Waals surface area (Å²) in [7, 11) is 0. The molecular formula is C14H19N3O4. The van der Waals surface area contributed by atoms with Gasteiger partial charge in [0.05, 0.1) is 10.5 Å². The molecule has 1 aromatic rings. The van der Waals surface area contributed by atoms with Crippen LogP contribution in [0.5, 0.6) is 0 Å². The van der Waals surface area contributed by atoms with Crippen LogP contribution in [0, 0.1) is 15.5 Å². The molecule has 2 rings (SSSR count). The van der Waals surface area contributed by atoms with Gasteiger partial charge >= 0.3 is 11.7 Å². The van der Waals surface area contributed by atoms with Crippen LogP contribution in [0.4, 0.5) is 11.5 Å². The normalized spacial score (nSPS) is 17.2. The van der Waals surface area contributed by atoms with Crippen molar-refractivity contribution in [3.8, 4) is 0 Å². The smallest absolute Gasteiger partial charge is 0.337 e. The van der Waals surface area contributed by atoms with E-state index in [1.165, 1.54) is 19.3 Å². The fourth-order valence-corrected chi connectivity index (χ4v) is 2.72. The molecule has 0 saturated heterocycles. The predicted molar refractivity (Wildman–Crippen MR) is 77.5 cm³/mol. The Hall–Kier alpha value is -2.18. The van der Waals surface area contributed by atoms with Crippen LogP contribution in [-0.2, 0) is 0 Å². The molecule has 1 aromatic heterocycles. The molecule has 2 N–H and O–H groups in total. The molecule has 1 aliphatic rings. The van der Waals surface area contributed by atoms with Crippen molar-refractivity contribution in [2.75, 3.05) is 11.9 Å². The number of aromatic carboxylic acids is 1. The lowest BCUT2D eigenvalue weighted by molar-refractivity contribution is -0.384. The number of carboxylic acids is 1. The Kier molecular flexibility index (Phi) is 4.40. The third-order valence-corrected chi connectivity index (χ3v) is 4.05. The monoisotopic (exact) mass is 293 g/mol. The number of pyridine rings is 1. The van der Waals surface area contributed by atoms with Crippen LogP contribution >= 0.6 is 0 Å². The van der Waals surface area contributed by atoms with Crippen LogP contribution in [-0.4, -0.2) is 27.5 Å². The molecule has 1 heterocycles. The number of nitrogens with zero attached hydrogens (tertiary/aromatic N) is 2. The van der Waals surface area contributed by atoms with Crippen LogP contribution in [0.15, 0.2) is 12.3 Å². The largest absolute Gasteiger partial charge is 0.478 e. The number of rotatable bonds is 5. The second-order valence-electron chi connectivity index (χ2n) is 5.88. The molecule has 0 radical (unpaired) electrons. The van der Waals surface area contributed by atoms with E-state index in [-0.39, 0.29) is 22.5 Å². The Morgan fingerprint density at radius 3 is 2.71 bits per heavy atom. The number of aromatic nitrogens is 1. The van der Waals surface area contributed by atoms with Crippen LogP contribution in [0.2, 0.25) is 0 Å². The quantitative estimate of drug-likeness (QED) is 0.638. The van der Waals surface area contributed by atoms with Gasteiger partial charge in [0.15, 0.2) is 0 Å². The zero-order chi connectivity index (χ0) is 15.5. The summed E-state index contributed by atoms with van der Waals surface area (Å²) in [4.78, 5) is 25.2. The summed E-state index contributed by atoms with van der Waals surface area (Å²) in [5.74, 6) is -1.09. The number of hydrogen-bond acceptors (Lipinski definition) is 5. The van der Waals surface area contributed by atoms with E-state index in [2.05, 4.69) is 17.2 Å². The van der Waals surface area contributed by atoms with Gasteiger partial charge in [-0.1, -0.05) is 26.2 Å². The van der Waals surface area contributed by atoms with E-state index >= 15 is 0 Å². The minimum absolute atomic E-state index is 0.110. The average molecular weight is 293 g/mol. The Labute approximate surface area is 122 Å². The molecular weight excluding hydrogens is 274 g/mol. The molecule has 114 valence electrons. The van der Waals surface area contributed by atoms with Crippen molar-refractivity contribution < 1.29 is 14.8 Å². The van der Waals surface area contributed by atoms with E-state index in [9.17, 15) is 14.9 Å². The first-order valence-electron chi connectivity index (χ1n) is 7.03. The molecule has 0 unspecified atom stereocenters. The van der Waals surface area contributed by atoms with Gasteiger partial charge in [-0.15, -0.1) is 0 Å². The number of anilines is 1. The van der Waals surface area contributed by atoms with Gasteiger partial charge in [-0.3, -0.25) is 10.1 Å². The zero-order valence-electron chi connectivity index (χ0n) is 12.0. The Morgan fingerprint density at radius 2 is 2.14 bits per heavy atom. The lowest BCUT2D eigenvalue weighted by Gasteiger charge is -2.33. The van der Waals surface area contributed by atoms with Gasteiger partial charge in [0, 0.05) is 18.8 Å². The summed E-state index contributed by atoms with van der Waals surface area (Å²) < 4.78 is 0. The Morgan fingerprint density at radius 1 is 1.48 bits per heavy atom. The maximum Gasteiger partial charge on any atom is 0.337 e. The fraction of sp³-hybridized carbons (Fsp3) is 0.571. The first-order chi connectivity index (χ1) is 9.91. The number of carboxylic acid groups (broad SMARTS) is 1. The molecule has 1 fully saturated rings. The SMILES string of the molecule is CC1(CNc2ncc(C(=O)O)cc2[N+](=O)[O-])CCCCC1. The average Bonchev–Trinajstić information content (AvgIpc) is 2.45. The second kappa shape index (κ2) is 6.07. The number of carbonyl (C=O) groups is 1. The van der Waals surface area contributed by atoms with Gasteiger partial charge in [0.25, 0.3) is 0 Å². The van der Waals surface area contributed by atoms with Crippen molar-refractivity contribution in [3.63, 3.8) is 0 Å². The van der Waals surface area contributed by atoms with Crippen LogP contribution < -0.4 is 5.32 Å². The lowest BCUT2D eigenvalue weighted by Crippen LogP contribution is -2.29. The van der Waals surface area contributed by atoms with Gasteiger partial charge in [-0.25, -0.2) is 9.78 Å².